The molecule has 3 unspecified atom stereocenters. The van der Waals surface area contributed by atoms with Gasteiger partial charge >= 0.3 is 0 Å². The smallest absolute Gasteiger partial charge is 0.123 e. The average molecular weight is 713 g/mol. The minimum absolute atomic E-state index is 0.0649. The first-order chi connectivity index (χ1) is 24.2. The molecule has 0 radical (unpaired) electrons. The Morgan fingerprint density at radius 3 is 1.13 bits per heavy atom. The average Bonchev–Trinajstić information content (AvgIpc) is 3.87. The summed E-state index contributed by atoms with van der Waals surface area (Å²) in [5, 5.41) is 0. The van der Waals surface area contributed by atoms with Crippen LogP contribution in [0.25, 0.3) is 0 Å². The van der Waals surface area contributed by atoms with E-state index in [0.717, 1.165) is 49.9 Å². The molecule has 6 heteroatoms. The van der Waals surface area contributed by atoms with E-state index in [2.05, 4.69) is 126 Å². The van der Waals surface area contributed by atoms with Gasteiger partial charge in [-0.1, -0.05) is 87.4 Å². The molecule has 6 rings (SSSR count). The van der Waals surface area contributed by atoms with E-state index >= 15 is 0 Å². The van der Waals surface area contributed by atoms with Crippen molar-refractivity contribution in [3.05, 3.63) is 86.5 Å². The molecular weight excluding hydrogens is 649 g/mol. The summed E-state index contributed by atoms with van der Waals surface area (Å²) in [5.41, 5.74) is 10.9. The van der Waals surface area contributed by atoms with E-state index in [9.17, 15) is 0 Å². The summed E-state index contributed by atoms with van der Waals surface area (Å²) >= 11 is 0. The van der Waals surface area contributed by atoms with Gasteiger partial charge in [-0.3, -0.25) is 0 Å². The lowest BCUT2D eigenvalue weighted by molar-refractivity contribution is 0.257. The van der Waals surface area contributed by atoms with Crippen molar-refractivity contribution in [1.82, 2.24) is 0 Å². The summed E-state index contributed by atoms with van der Waals surface area (Å²) in [7, 11) is 0. The van der Waals surface area contributed by atoms with Gasteiger partial charge in [0.1, 0.15) is 55.4 Å². The monoisotopic (exact) mass is 712 g/mol. The standard InChI is InChI=1S/C46H64O6/c1-28-16-40(50-25-32-22-47-32)37(43(4,5)6)19-31(28)14-15-46(13,35-20-38(44(7,8)9)41(17-29(35)2)51-26-33-23-48-33)36-21-39(45(10,11)12)42(18-30(36)3)52-27-34-24-49-34/h16-21,32-34H,14-15,22-27H2,1-13H3. The van der Waals surface area contributed by atoms with E-state index in [0.29, 0.717) is 19.8 Å². The predicted octanol–water partition coefficient (Wildman–Crippen LogP) is 9.78. The third-order valence-electron chi connectivity index (χ3n) is 11.1. The summed E-state index contributed by atoms with van der Waals surface area (Å²) in [6, 6.07) is 14.1. The maximum atomic E-state index is 6.46. The lowest BCUT2D eigenvalue weighted by atomic mass is 9.67. The highest BCUT2D eigenvalue weighted by Crippen LogP contribution is 2.47. The van der Waals surface area contributed by atoms with Crippen LogP contribution in [-0.4, -0.2) is 58.0 Å². The number of rotatable bonds is 14. The van der Waals surface area contributed by atoms with Crippen molar-refractivity contribution in [2.45, 2.75) is 143 Å². The van der Waals surface area contributed by atoms with Crippen LogP contribution in [-0.2, 0) is 42.3 Å². The zero-order chi connectivity index (χ0) is 37.8. The van der Waals surface area contributed by atoms with Gasteiger partial charge in [0.05, 0.1) is 19.8 Å². The number of hydrogen-bond donors (Lipinski definition) is 0. The van der Waals surface area contributed by atoms with E-state index in [1.165, 1.54) is 50.1 Å². The topological polar surface area (TPSA) is 65.3 Å². The van der Waals surface area contributed by atoms with E-state index in [1.54, 1.807) is 0 Å². The van der Waals surface area contributed by atoms with Crippen molar-refractivity contribution >= 4 is 0 Å². The Bertz CT molecular complexity index is 1670. The second kappa shape index (κ2) is 14.3. The minimum Gasteiger partial charge on any atom is -0.490 e. The first-order valence-corrected chi connectivity index (χ1v) is 19.4. The van der Waals surface area contributed by atoms with Crippen molar-refractivity contribution in [3.63, 3.8) is 0 Å². The Kier molecular flexibility index (Phi) is 10.6. The van der Waals surface area contributed by atoms with Crippen molar-refractivity contribution in [2.75, 3.05) is 39.6 Å². The quantitative estimate of drug-likeness (QED) is 0.155. The highest BCUT2D eigenvalue weighted by atomic mass is 16.6. The second-order valence-electron chi connectivity index (χ2n) is 19.0. The summed E-state index contributed by atoms with van der Waals surface area (Å²) in [6.07, 6.45) is 2.45. The maximum absolute atomic E-state index is 6.46. The first-order valence-electron chi connectivity index (χ1n) is 19.4. The van der Waals surface area contributed by atoms with Crippen molar-refractivity contribution < 1.29 is 28.4 Å². The zero-order valence-electron chi connectivity index (χ0n) is 34.3. The molecule has 3 aromatic rings. The van der Waals surface area contributed by atoms with Gasteiger partial charge in [0.15, 0.2) is 0 Å². The molecule has 0 spiro atoms. The normalized spacial score (nSPS) is 21.1. The van der Waals surface area contributed by atoms with Gasteiger partial charge in [0, 0.05) is 5.41 Å². The van der Waals surface area contributed by atoms with E-state index < -0.39 is 0 Å². The van der Waals surface area contributed by atoms with Gasteiger partial charge in [-0.15, -0.1) is 0 Å². The van der Waals surface area contributed by atoms with E-state index in [4.69, 9.17) is 28.4 Å². The van der Waals surface area contributed by atoms with Gasteiger partial charge < -0.3 is 28.4 Å². The molecule has 3 aliphatic rings. The molecule has 3 aliphatic heterocycles. The summed E-state index contributed by atoms with van der Waals surface area (Å²) in [6.45, 7) is 33.9. The summed E-state index contributed by atoms with van der Waals surface area (Å²) in [5.74, 6) is 2.90. The van der Waals surface area contributed by atoms with Crippen LogP contribution in [0.1, 0.15) is 126 Å². The first kappa shape index (κ1) is 38.7. The molecule has 3 saturated heterocycles. The molecule has 0 N–H and O–H groups in total. The zero-order valence-corrected chi connectivity index (χ0v) is 34.3. The minimum atomic E-state index is -0.322. The van der Waals surface area contributed by atoms with Gasteiger partial charge in [0.2, 0.25) is 0 Å². The van der Waals surface area contributed by atoms with Crippen LogP contribution in [0.3, 0.4) is 0 Å². The number of epoxide rings is 3. The van der Waals surface area contributed by atoms with E-state index in [1.807, 2.05) is 0 Å². The van der Waals surface area contributed by atoms with Crippen LogP contribution in [0.5, 0.6) is 17.2 Å². The predicted molar refractivity (Wildman–Crippen MR) is 210 cm³/mol. The third kappa shape index (κ3) is 9.00. The fourth-order valence-electron chi connectivity index (χ4n) is 7.50. The van der Waals surface area contributed by atoms with E-state index in [-0.39, 0.29) is 40.0 Å². The fourth-order valence-corrected chi connectivity index (χ4v) is 7.50. The SMILES string of the molecule is Cc1cc(OCC2CO2)c(C(C)(C)C)cc1CCC(C)(c1cc(C(C)(C)C)c(OCC2CO2)cc1C)c1cc(C(C)(C)C)c(OCC2CO2)cc1C. The van der Waals surface area contributed by atoms with Gasteiger partial charge in [-0.25, -0.2) is 0 Å². The number of benzene rings is 3. The highest BCUT2D eigenvalue weighted by molar-refractivity contribution is 5.56. The number of aryl methyl sites for hydroxylation is 4. The molecule has 284 valence electrons. The third-order valence-corrected chi connectivity index (χ3v) is 11.1. The van der Waals surface area contributed by atoms with Crippen LogP contribution in [0.15, 0.2) is 36.4 Å². The van der Waals surface area contributed by atoms with Gasteiger partial charge in [-0.2, -0.15) is 0 Å². The van der Waals surface area contributed by atoms with Gasteiger partial charge in [-0.05, 0) is 118 Å². The van der Waals surface area contributed by atoms with Gasteiger partial charge in [0.25, 0.3) is 0 Å². The Labute approximate surface area is 313 Å². The molecule has 0 aromatic heterocycles. The molecule has 0 saturated carbocycles. The largest absolute Gasteiger partial charge is 0.490 e. The Morgan fingerprint density at radius 2 is 0.808 bits per heavy atom. The summed E-state index contributed by atoms with van der Waals surface area (Å²) in [4.78, 5) is 0. The molecule has 3 atom stereocenters. The molecule has 3 aromatic carbocycles. The fraction of sp³-hybridized carbons (Fsp3) is 0.609. The van der Waals surface area contributed by atoms with Crippen LogP contribution < -0.4 is 14.2 Å². The Morgan fingerprint density at radius 1 is 0.481 bits per heavy atom. The molecule has 0 aliphatic carbocycles. The summed E-state index contributed by atoms with van der Waals surface area (Å²) < 4.78 is 35.8. The van der Waals surface area contributed by atoms with Crippen LogP contribution in [0.4, 0.5) is 0 Å². The van der Waals surface area contributed by atoms with Crippen molar-refractivity contribution in [2.24, 2.45) is 0 Å². The molecule has 3 fully saturated rings. The lowest BCUT2D eigenvalue weighted by Crippen LogP contribution is -2.29. The molecule has 52 heavy (non-hydrogen) atoms. The maximum Gasteiger partial charge on any atom is 0.123 e. The Balaban J connectivity index is 1.47. The molecule has 3 heterocycles. The Hall–Kier alpha value is -3.06. The second-order valence-corrected chi connectivity index (χ2v) is 19.0. The lowest BCUT2D eigenvalue weighted by Gasteiger charge is -2.38. The van der Waals surface area contributed by atoms with Crippen molar-refractivity contribution in [3.8, 4) is 17.2 Å². The molecule has 6 nitrogen and oxygen atoms in total. The molecular formula is C46H64O6. The van der Waals surface area contributed by atoms with Crippen LogP contribution >= 0.6 is 0 Å². The highest BCUT2D eigenvalue weighted by Gasteiger charge is 2.37. The molecule has 0 bridgehead atoms. The van der Waals surface area contributed by atoms with Crippen LogP contribution in [0, 0.1) is 20.8 Å². The molecule has 0 amide bonds. The van der Waals surface area contributed by atoms with Crippen molar-refractivity contribution in [1.29, 1.82) is 0 Å². The number of ether oxygens (including phenoxy) is 6. The van der Waals surface area contributed by atoms with Crippen LogP contribution in [0.2, 0.25) is 0 Å². The number of hydrogen-bond acceptors (Lipinski definition) is 6.